The molecule has 0 bridgehead atoms. The number of amides is 1. The Balaban J connectivity index is 1.53. The predicted molar refractivity (Wildman–Crippen MR) is 124 cm³/mol. The summed E-state index contributed by atoms with van der Waals surface area (Å²) in [6.07, 6.45) is 2.47. The van der Waals surface area contributed by atoms with Crippen molar-refractivity contribution in [1.29, 1.82) is 0 Å². The van der Waals surface area contributed by atoms with Crippen molar-refractivity contribution in [3.05, 3.63) is 65.0 Å². The Kier molecular flexibility index (Phi) is 5.97. The minimum absolute atomic E-state index is 0.0273. The van der Waals surface area contributed by atoms with Gasteiger partial charge in [-0.25, -0.2) is 4.98 Å². The van der Waals surface area contributed by atoms with Gasteiger partial charge in [0.25, 0.3) is 11.7 Å². The quantitative estimate of drug-likeness (QED) is 0.340. The molecule has 2 aliphatic heterocycles. The van der Waals surface area contributed by atoms with E-state index in [2.05, 4.69) is 9.88 Å². The second kappa shape index (κ2) is 9.08. The van der Waals surface area contributed by atoms with Crippen molar-refractivity contribution < 1.29 is 23.8 Å². The summed E-state index contributed by atoms with van der Waals surface area (Å²) in [5.41, 5.74) is 1.64. The lowest BCUT2D eigenvalue weighted by molar-refractivity contribution is -0.140. The molecular formula is C25H28N4O5. The average molecular weight is 465 g/mol. The molecule has 1 amide bonds. The predicted octanol–water partition coefficient (Wildman–Crippen LogP) is 2.69. The van der Waals surface area contributed by atoms with Gasteiger partial charge in [-0.05, 0) is 44.5 Å². The number of rotatable bonds is 6. The number of fused-ring (bicyclic) bond motifs is 1. The van der Waals surface area contributed by atoms with Gasteiger partial charge in [-0.3, -0.25) is 18.9 Å². The van der Waals surface area contributed by atoms with Gasteiger partial charge < -0.3 is 19.2 Å². The van der Waals surface area contributed by atoms with E-state index in [4.69, 9.17) is 9.15 Å². The average Bonchev–Trinajstić information content (AvgIpc) is 3.48. The van der Waals surface area contributed by atoms with E-state index in [0.29, 0.717) is 54.7 Å². The standard InChI is InChI=1S/C25H28N4O5/c1-16-7-8-18(34-16)22-20(23(30)21-17(2)26-19-6-3-4-10-28(19)21)24(31)25(32)29(22)11-5-9-27-12-14-33-15-13-27/h3-4,6-8,10,22,30H,5,9,11-15H2,1-2H3/b23-20+/t22-/m0/s1. The smallest absolute Gasteiger partial charge is 0.295 e. The van der Waals surface area contributed by atoms with Crippen molar-refractivity contribution >= 4 is 23.1 Å². The summed E-state index contributed by atoms with van der Waals surface area (Å²) in [5.74, 6) is -0.470. The van der Waals surface area contributed by atoms with Gasteiger partial charge in [-0.15, -0.1) is 0 Å². The molecule has 0 aromatic carbocycles. The number of carbonyl (C=O) groups is 2. The van der Waals surface area contributed by atoms with Crippen LogP contribution < -0.4 is 0 Å². The van der Waals surface area contributed by atoms with Crippen molar-refractivity contribution in [1.82, 2.24) is 19.2 Å². The van der Waals surface area contributed by atoms with Crippen molar-refractivity contribution in [3.8, 4) is 0 Å². The zero-order valence-electron chi connectivity index (χ0n) is 19.4. The number of aromatic nitrogens is 2. The number of aliphatic hydroxyl groups is 1. The number of aryl methyl sites for hydroxylation is 2. The Morgan fingerprint density at radius 3 is 2.65 bits per heavy atom. The molecule has 0 saturated carbocycles. The molecule has 0 radical (unpaired) electrons. The first kappa shape index (κ1) is 22.4. The first-order valence-corrected chi connectivity index (χ1v) is 11.5. The van der Waals surface area contributed by atoms with Crippen LogP contribution in [0.2, 0.25) is 0 Å². The number of hydrogen-bond donors (Lipinski definition) is 1. The van der Waals surface area contributed by atoms with Gasteiger partial charge in [-0.1, -0.05) is 6.07 Å². The molecule has 3 aromatic rings. The highest BCUT2D eigenvalue weighted by atomic mass is 16.5. The van der Waals surface area contributed by atoms with Crippen molar-refractivity contribution in [2.45, 2.75) is 26.3 Å². The van der Waals surface area contributed by atoms with Crippen LogP contribution in [0, 0.1) is 13.8 Å². The van der Waals surface area contributed by atoms with E-state index >= 15 is 0 Å². The molecule has 5 rings (SSSR count). The van der Waals surface area contributed by atoms with Crippen LogP contribution in [0.1, 0.15) is 35.4 Å². The number of furan rings is 1. The molecule has 2 fully saturated rings. The molecule has 2 saturated heterocycles. The van der Waals surface area contributed by atoms with Gasteiger partial charge in [0.2, 0.25) is 0 Å². The zero-order valence-corrected chi connectivity index (χ0v) is 19.4. The monoisotopic (exact) mass is 464 g/mol. The van der Waals surface area contributed by atoms with Crippen LogP contribution in [0.3, 0.4) is 0 Å². The maximum Gasteiger partial charge on any atom is 0.295 e. The van der Waals surface area contributed by atoms with Crippen LogP contribution in [0.15, 0.2) is 46.5 Å². The molecule has 1 N–H and O–H groups in total. The summed E-state index contributed by atoms with van der Waals surface area (Å²) in [6.45, 7) is 7.86. The van der Waals surface area contributed by atoms with E-state index in [-0.39, 0.29) is 11.3 Å². The highest BCUT2D eigenvalue weighted by Crippen LogP contribution is 2.40. The van der Waals surface area contributed by atoms with Crippen molar-refractivity contribution in [3.63, 3.8) is 0 Å². The van der Waals surface area contributed by atoms with Gasteiger partial charge >= 0.3 is 0 Å². The Morgan fingerprint density at radius 2 is 1.91 bits per heavy atom. The van der Waals surface area contributed by atoms with Crippen molar-refractivity contribution in [2.24, 2.45) is 0 Å². The number of likely N-dealkylation sites (tertiary alicyclic amines) is 1. The summed E-state index contributed by atoms with van der Waals surface area (Å²) in [4.78, 5) is 34.7. The number of ether oxygens (including phenoxy) is 1. The fourth-order valence-corrected chi connectivity index (χ4v) is 4.82. The highest BCUT2D eigenvalue weighted by molar-refractivity contribution is 6.46. The number of Topliss-reactive ketones (excluding diaryl/α,β-unsaturated/α-hetero) is 1. The fourth-order valence-electron chi connectivity index (χ4n) is 4.82. The van der Waals surface area contributed by atoms with E-state index in [1.165, 1.54) is 4.90 Å². The van der Waals surface area contributed by atoms with Gasteiger partial charge in [0, 0.05) is 32.4 Å². The van der Waals surface area contributed by atoms with Gasteiger partial charge in [0.1, 0.15) is 28.9 Å². The molecule has 1 atom stereocenters. The Morgan fingerprint density at radius 1 is 1.12 bits per heavy atom. The van der Waals surface area contributed by atoms with Crippen LogP contribution in [0.5, 0.6) is 0 Å². The van der Waals surface area contributed by atoms with E-state index in [1.807, 2.05) is 25.1 Å². The lowest BCUT2D eigenvalue weighted by Crippen LogP contribution is -2.38. The number of pyridine rings is 1. The van der Waals surface area contributed by atoms with Gasteiger partial charge in [0.05, 0.1) is 24.5 Å². The summed E-state index contributed by atoms with van der Waals surface area (Å²) >= 11 is 0. The van der Waals surface area contributed by atoms with E-state index < -0.39 is 17.7 Å². The third-order valence-corrected chi connectivity index (χ3v) is 6.48. The number of hydrogen-bond acceptors (Lipinski definition) is 7. The summed E-state index contributed by atoms with van der Waals surface area (Å²) in [5, 5.41) is 11.4. The highest BCUT2D eigenvalue weighted by Gasteiger charge is 2.47. The van der Waals surface area contributed by atoms with E-state index in [1.54, 1.807) is 29.7 Å². The number of aliphatic hydroxyl groups excluding tert-OH is 1. The van der Waals surface area contributed by atoms with Crippen molar-refractivity contribution in [2.75, 3.05) is 39.4 Å². The van der Waals surface area contributed by atoms with Gasteiger partial charge in [-0.2, -0.15) is 0 Å². The fraction of sp³-hybridized carbons (Fsp3) is 0.400. The van der Waals surface area contributed by atoms with Crippen LogP contribution >= 0.6 is 0 Å². The van der Waals surface area contributed by atoms with Crippen LogP contribution in [0.4, 0.5) is 0 Å². The second-order valence-corrected chi connectivity index (χ2v) is 8.72. The molecule has 0 aliphatic carbocycles. The molecule has 34 heavy (non-hydrogen) atoms. The number of imidazole rings is 1. The van der Waals surface area contributed by atoms with Crippen LogP contribution in [-0.2, 0) is 14.3 Å². The largest absolute Gasteiger partial charge is 0.505 e. The number of carbonyl (C=O) groups excluding carboxylic acids is 2. The lowest BCUT2D eigenvalue weighted by atomic mass is 10.0. The molecule has 9 nitrogen and oxygen atoms in total. The SMILES string of the molecule is Cc1ccc([C@H]2/C(=C(\O)c3c(C)nc4ccccn34)C(=O)C(=O)N2CCCN2CCOCC2)o1. The van der Waals surface area contributed by atoms with Gasteiger partial charge in [0.15, 0.2) is 5.76 Å². The van der Waals surface area contributed by atoms with E-state index in [9.17, 15) is 14.7 Å². The minimum atomic E-state index is -0.799. The minimum Gasteiger partial charge on any atom is -0.505 e. The first-order valence-electron chi connectivity index (χ1n) is 11.5. The maximum absolute atomic E-state index is 13.2. The Bertz CT molecular complexity index is 1270. The molecular weight excluding hydrogens is 436 g/mol. The summed E-state index contributed by atoms with van der Waals surface area (Å²) in [7, 11) is 0. The summed E-state index contributed by atoms with van der Waals surface area (Å²) < 4.78 is 13.0. The maximum atomic E-state index is 13.2. The zero-order chi connectivity index (χ0) is 23.8. The molecule has 2 aliphatic rings. The first-order chi connectivity index (χ1) is 16.5. The normalized spacial score (nSPS) is 21.1. The van der Waals surface area contributed by atoms with Crippen LogP contribution in [-0.4, -0.2) is 75.4 Å². The van der Waals surface area contributed by atoms with Crippen LogP contribution in [0.25, 0.3) is 11.4 Å². The number of nitrogens with zero attached hydrogens (tertiary/aromatic N) is 4. The van der Waals surface area contributed by atoms with E-state index in [0.717, 1.165) is 19.6 Å². The molecule has 3 aromatic heterocycles. The topological polar surface area (TPSA) is 101 Å². The Hall–Kier alpha value is -3.43. The lowest BCUT2D eigenvalue weighted by Gasteiger charge is -2.28. The third kappa shape index (κ3) is 3.91. The second-order valence-electron chi connectivity index (χ2n) is 8.72. The molecule has 9 heteroatoms. The third-order valence-electron chi connectivity index (χ3n) is 6.48. The molecule has 178 valence electrons. The molecule has 0 unspecified atom stereocenters. The molecule has 5 heterocycles. The molecule has 0 spiro atoms. The number of ketones is 1. The Labute approximate surface area is 197 Å². The number of morpholine rings is 1. The summed E-state index contributed by atoms with van der Waals surface area (Å²) in [6, 6.07) is 8.25.